The lowest BCUT2D eigenvalue weighted by Gasteiger charge is -2.32. The molecule has 0 radical (unpaired) electrons. The lowest BCUT2D eigenvalue weighted by Crippen LogP contribution is -2.39. The first-order chi connectivity index (χ1) is 8.72. The van der Waals surface area contributed by atoms with E-state index in [2.05, 4.69) is 40.9 Å². The van der Waals surface area contributed by atoms with Crippen molar-refractivity contribution in [3.8, 4) is 0 Å². The summed E-state index contributed by atoms with van der Waals surface area (Å²) < 4.78 is 2.07. The number of nitrogens with one attached hydrogen (secondary N) is 1. The highest BCUT2D eigenvalue weighted by Gasteiger charge is 2.26. The molecular weight excluding hydrogens is 224 g/mol. The van der Waals surface area contributed by atoms with E-state index in [-0.39, 0.29) is 0 Å². The summed E-state index contributed by atoms with van der Waals surface area (Å²) in [5, 5.41) is 7.98. The van der Waals surface area contributed by atoms with E-state index in [4.69, 9.17) is 0 Å². The molecule has 0 aromatic carbocycles. The predicted octanol–water partition coefficient (Wildman–Crippen LogP) is 2.57. The Morgan fingerprint density at radius 1 is 1.39 bits per heavy atom. The Balaban J connectivity index is 2.03. The zero-order valence-electron chi connectivity index (χ0n) is 11.9. The Bertz CT molecular complexity index is 356. The summed E-state index contributed by atoms with van der Waals surface area (Å²) in [5.74, 6) is 1.88. The van der Waals surface area contributed by atoms with Crippen LogP contribution in [0.4, 0.5) is 0 Å². The highest BCUT2D eigenvalue weighted by atomic mass is 15.3. The molecule has 0 saturated heterocycles. The summed E-state index contributed by atoms with van der Waals surface area (Å²) >= 11 is 0. The molecule has 1 saturated carbocycles. The van der Waals surface area contributed by atoms with Gasteiger partial charge in [0.15, 0.2) is 0 Å². The third-order valence-electron chi connectivity index (χ3n) is 3.96. The number of aromatic nitrogens is 3. The summed E-state index contributed by atoms with van der Waals surface area (Å²) in [5.41, 5.74) is 0. The summed E-state index contributed by atoms with van der Waals surface area (Å²) in [4.78, 5) is 4.45. The minimum Gasteiger partial charge on any atom is -0.314 e. The molecule has 1 aromatic rings. The summed E-state index contributed by atoms with van der Waals surface area (Å²) in [6.07, 6.45) is 8.13. The first-order valence-electron chi connectivity index (χ1n) is 7.34. The number of rotatable bonds is 5. The van der Waals surface area contributed by atoms with Crippen LogP contribution in [0.25, 0.3) is 0 Å². The molecule has 1 heterocycles. The van der Waals surface area contributed by atoms with Crippen LogP contribution in [0, 0.1) is 5.92 Å². The van der Waals surface area contributed by atoms with Crippen LogP contribution < -0.4 is 5.32 Å². The molecule has 0 spiro atoms. The van der Waals surface area contributed by atoms with Gasteiger partial charge in [-0.05, 0) is 39.2 Å². The van der Waals surface area contributed by atoms with Gasteiger partial charge in [-0.3, -0.25) is 0 Å². The molecule has 0 bridgehead atoms. The number of hydrogen-bond acceptors (Lipinski definition) is 3. The smallest absolute Gasteiger partial charge is 0.138 e. The first-order valence-corrected chi connectivity index (χ1v) is 7.34. The quantitative estimate of drug-likeness (QED) is 0.873. The minimum atomic E-state index is 0.406. The average Bonchev–Trinajstić information content (AvgIpc) is 2.80. The number of nitrogens with zero attached hydrogens (tertiary/aromatic N) is 3. The Morgan fingerprint density at radius 2 is 2.17 bits per heavy atom. The molecule has 1 N–H and O–H groups in total. The van der Waals surface area contributed by atoms with E-state index in [0.717, 1.165) is 24.7 Å². The lowest BCUT2D eigenvalue weighted by molar-refractivity contribution is 0.257. The second kappa shape index (κ2) is 6.32. The van der Waals surface area contributed by atoms with Crippen molar-refractivity contribution >= 4 is 0 Å². The molecular formula is C14H26N4. The Labute approximate surface area is 110 Å². The lowest BCUT2D eigenvalue weighted by atomic mass is 9.82. The second-order valence-corrected chi connectivity index (χ2v) is 5.63. The fraction of sp³-hybridized carbons (Fsp3) is 0.857. The maximum Gasteiger partial charge on any atom is 0.138 e. The van der Waals surface area contributed by atoms with Crippen LogP contribution in [0.3, 0.4) is 0 Å². The molecule has 0 aliphatic heterocycles. The molecule has 1 aliphatic rings. The van der Waals surface area contributed by atoms with Crippen LogP contribution >= 0.6 is 0 Å². The van der Waals surface area contributed by atoms with Crippen molar-refractivity contribution in [3.05, 3.63) is 12.2 Å². The molecule has 4 nitrogen and oxygen atoms in total. The van der Waals surface area contributed by atoms with Gasteiger partial charge in [0, 0.05) is 18.5 Å². The molecule has 2 atom stereocenters. The molecule has 1 aliphatic carbocycles. The molecule has 102 valence electrons. The largest absolute Gasteiger partial charge is 0.314 e. The van der Waals surface area contributed by atoms with Gasteiger partial charge in [0.25, 0.3) is 0 Å². The van der Waals surface area contributed by atoms with E-state index >= 15 is 0 Å². The maximum absolute atomic E-state index is 4.45. The van der Waals surface area contributed by atoms with Gasteiger partial charge in [-0.15, -0.1) is 0 Å². The molecule has 4 heteroatoms. The Morgan fingerprint density at radius 3 is 2.89 bits per heavy atom. The van der Waals surface area contributed by atoms with Crippen LogP contribution in [0.1, 0.15) is 58.3 Å². The van der Waals surface area contributed by atoms with Crippen molar-refractivity contribution in [1.29, 1.82) is 0 Å². The van der Waals surface area contributed by atoms with Gasteiger partial charge in [-0.2, -0.15) is 5.10 Å². The SMILES string of the molecule is CCNC1CCCCC1Cc1ncnn1C(C)C. The standard InChI is InChI=1S/C14H26N4/c1-4-15-13-8-6-5-7-12(13)9-14-16-10-17-18(14)11(2)3/h10-13,15H,4-9H2,1-3H3. The normalized spacial score (nSPS) is 24.7. The van der Waals surface area contributed by atoms with Crippen LogP contribution in [0.5, 0.6) is 0 Å². The molecule has 1 fully saturated rings. The first kappa shape index (κ1) is 13.5. The summed E-state index contributed by atoms with van der Waals surface area (Å²) in [7, 11) is 0. The summed E-state index contributed by atoms with van der Waals surface area (Å²) in [6.45, 7) is 7.60. The van der Waals surface area contributed by atoms with Gasteiger partial charge in [-0.25, -0.2) is 9.67 Å². The van der Waals surface area contributed by atoms with Crippen molar-refractivity contribution in [2.45, 2.75) is 65.0 Å². The van der Waals surface area contributed by atoms with Gasteiger partial charge in [0.05, 0.1) is 0 Å². The van der Waals surface area contributed by atoms with Crippen molar-refractivity contribution in [3.63, 3.8) is 0 Å². The molecule has 2 rings (SSSR count). The van der Waals surface area contributed by atoms with Crippen LogP contribution in [-0.2, 0) is 6.42 Å². The monoisotopic (exact) mass is 250 g/mol. The highest BCUT2D eigenvalue weighted by molar-refractivity contribution is 4.93. The van der Waals surface area contributed by atoms with E-state index < -0.39 is 0 Å². The van der Waals surface area contributed by atoms with Crippen molar-refractivity contribution in [2.24, 2.45) is 5.92 Å². The highest BCUT2D eigenvalue weighted by Crippen LogP contribution is 2.27. The molecule has 1 aromatic heterocycles. The van der Waals surface area contributed by atoms with Gasteiger partial charge in [-0.1, -0.05) is 19.8 Å². The topological polar surface area (TPSA) is 42.7 Å². The predicted molar refractivity (Wildman–Crippen MR) is 73.5 cm³/mol. The Hall–Kier alpha value is -0.900. The fourth-order valence-electron chi connectivity index (χ4n) is 3.07. The van der Waals surface area contributed by atoms with Gasteiger partial charge in [0.1, 0.15) is 12.2 Å². The second-order valence-electron chi connectivity index (χ2n) is 5.63. The van der Waals surface area contributed by atoms with Crippen molar-refractivity contribution in [1.82, 2.24) is 20.1 Å². The fourth-order valence-corrected chi connectivity index (χ4v) is 3.07. The van der Waals surface area contributed by atoms with Crippen molar-refractivity contribution in [2.75, 3.05) is 6.54 Å². The van der Waals surface area contributed by atoms with E-state index in [1.807, 2.05) is 0 Å². The van der Waals surface area contributed by atoms with Gasteiger partial charge in [0.2, 0.25) is 0 Å². The maximum atomic E-state index is 4.45. The van der Waals surface area contributed by atoms with E-state index in [1.54, 1.807) is 6.33 Å². The summed E-state index contributed by atoms with van der Waals surface area (Å²) in [6, 6.07) is 1.07. The zero-order valence-corrected chi connectivity index (χ0v) is 11.9. The van der Waals surface area contributed by atoms with Crippen LogP contribution in [-0.4, -0.2) is 27.4 Å². The van der Waals surface area contributed by atoms with E-state index in [9.17, 15) is 0 Å². The van der Waals surface area contributed by atoms with Crippen LogP contribution in [0.2, 0.25) is 0 Å². The van der Waals surface area contributed by atoms with Gasteiger partial charge < -0.3 is 5.32 Å². The zero-order chi connectivity index (χ0) is 13.0. The van der Waals surface area contributed by atoms with E-state index in [1.165, 1.54) is 25.7 Å². The third-order valence-corrected chi connectivity index (χ3v) is 3.96. The molecule has 0 amide bonds. The van der Waals surface area contributed by atoms with E-state index in [0.29, 0.717) is 12.1 Å². The molecule has 18 heavy (non-hydrogen) atoms. The molecule has 2 unspecified atom stereocenters. The van der Waals surface area contributed by atoms with Crippen molar-refractivity contribution < 1.29 is 0 Å². The van der Waals surface area contributed by atoms with Crippen LogP contribution in [0.15, 0.2) is 6.33 Å². The number of hydrogen-bond donors (Lipinski definition) is 1. The Kier molecular flexibility index (Phi) is 4.75. The van der Waals surface area contributed by atoms with Gasteiger partial charge >= 0.3 is 0 Å². The average molecular weight is 250 g/mol. The minimum absolute atomic E-state index is 0.406. The third kappa shape index (κ3) is 3.10.